The maximum Gasteiger partial charge on any atom is 0.339 e. The molecule has 0 fully saturated rings. The van der Waals surface area contributed by atoms with E-state index in [4.69, 9.17) is 4.18 Å². The highest BCUT2D eigenvalue weighted by molar-refractivity contribution is 9.10. The fourth-order valence-corrected chi connectivity index (χ4v) is 3.69. The van der Waals surface area contributed by atoms with Crippen molar-refractivity contribution >= 4 is 37.8 Å². The first kappa shape index (κ1) is 19.1. The molecule has 0 aliphatic carbocycles. The fourth-order valence-electron chi connectivity index (χ4n) is 2.13. The van der Waals surface area contributed by atoms with Crippen LogP contribution < -0.4 is 4.18 Å². The highest BCUT2D eigenvalue weighted by Gasteiger charge is 2.23. The Morgan fingerprint density at radius 1 is 1.08 bits per heavy atom. The molecule has 25 heavy (non-hydrogen) atoms. The van der Waals surface area contributed by atoms with Gasteiger partial charge in [-0.2, -0.15) is 8.42 Å². The lowest BCUT2D eigenvalue weighted by Gasteiger charge is -2.12. The first-order valence-electron chi connectivity index (χ1n) is 7.09. The van der Waals surface area contributed by atoms with E-state index in [2.05, 4.69) is 20.7 Å². The molecule has 8 heteroatoms. The Bertz CT molecular complexity index is 950. The quantitative estimate of drug-likeness (QED) is 0.412. The van der Waals surface area contributed by atoms with Gasteiger partial charge in [0.1, 0.15) is 4.90 Å². The van der Waals surface area contributed by atoms with Gasteiger partial charge in [-0.05, 0) is 49.7 Å². The number of carbonyl (C=O) groups excluding carboxylic acids is 2. The van der Waals surface area contributed by atoms with Gasteiger partial charge in [-0.1, -0.05) is 22.0 Å². The molecule has 0 saturated carbocycles. The van der Waals surface area contributed by atoms with Crippen molar-refractivity contribution in [1.29, 1.82) is 0 Å². The van der Waals surface area contributed by atoms with Crippen LogP contribution in [0.2, 0.25) is 0 Å². The van der Waals surface area contributed by atoms with Crippen LogP contribution in [0.4, 0.5) is 0 Å². The van der Waals surface area contributed by atoms with Crippen LogP contribution >= 0.6 is 15.9 Å². The zero-order valence-corrected chi connectivity index (χ0v) is 16.1. The van der Waals surface area contributed by atoms with E-state index in [9.17, 15) is 18.0 Å². The Balaban J connectivity index is 2.51. The van der Waals surface area contributed by atoms with Crippen molar-refractivity contribution in [3.05, 3.63) is 57.6 Å². The van der Waals surface area contributed by atoms with E-state index < -0.39 is 16.1 Å². The van der Waals surface area contributed by atoms with Gasteiger partial charge in [-0.15, -0.1) is 0 Å². The molecule has 0 saturated heterocycles. The first-order chi connectivity index (χ1) is 11.7. The third-order valence-corrected chi connectivity index (χ3v) is 5.27. The van der Waals surface area contributed by atoms with Crippen molar-refractivity contribution in [3.8, 4) is 5.75 Å². The van der Waals surface area contributed by atoms with Gasteiger partial charge < -0.3 is 8.92 Å². The summed E-state index contributed by atoms with van der Waals surface area (Å²) in [6.07, 6.45) is 0. The Labute approximate surface area is 154 Å². The molecule has 0 aliphatic heterocycles. The Morgan fingerprint density at radius 2 is 1.76 bits per heavy atom. The van der Waals surface area contributed by atoms with Gasteiger partial charge in [0.05, 0.1) is 18.2 Å². The number of ketones is 1. The van der Waals surface area contributed by atoms with Crippen molar-refractivity contribution in [1.82, 2.24) is 0 Å². The van der Waals surface area contributed by atoms with Gasteiger partial charge in [-0.25, -0.2) is 4.79 Å². The molecule has 0 aromatic heterocycles. The van der Waals surface area contributed by atoms with Crippen LogP contribution in [0.1, 0.15) is 33.2 Å². The van der Waals surface area contributed by atoms with Gasteiger partial charge in [0.15, 0.2) is 11.5 Å². The maximum atomic E-state index is 12.6. The second-order valence-corrected chi connectivity index (χ2v) is 7.64. The minimum absolute atomic E-state index is 0.0814. The van der Waals surface area contributed by atoms with Crippen LogP contribution in [-0.2, 0) is 14.9 Å². The van der Waals surface area contributed by atoms with Gasteiger partial charge >= 0.3 is 16.1 Å². The lowest BCUT2D eigenvalue weighted by molar-refractivity contribution is 0.0600. The van der Waals surface area contributed by atoms with E-state index in [-0.39, 0.29) is 27.6 Å². The summed E-state index contributed by atoms with van der Waals surface area (Å²) in [5, 5.41) is 0. The monoisotopic (exact) mass is 426 g/mol. The lowest BCUT2D eigenvalue weighted by atomic mass is 10.1. The Hall–Kier alpha value is -2.19. The van der Waals surface area contributed by atoms with Crippen molar-refractivity contribution in [2.45, 2.75) is 18.7 Å². The number of rotatable bonds is 5. The fraction of sp³-hybridized carbons (Fsp3) is 0.176. The molecule has 0 radical (unpaired) electrons. The third kappa shape index (κ3) is 4.26. The summed E-state index contributed by atoms with van der Waals surface area (Å²) < 4.78 is 35.7. The smallest absolute Gasteiger partial charge is 0.339 e. The number of benzene rings is 2. The second-order valence-electron chi connectivity index (χ2n) is 5.21. The molecule has 0 N–H and O–H groups in total. The largest absolute Gasteiger partial charge is 0.465 e. The van der Waals surface area contributed by atoms with Crippen molar-refractivity contribution in [3.63, 3.8) is 0 Å². The average molecular weight is 427 g/mol. The molecule has 2 rings (SSSR count). The van der Waals surface area contributed by atoms with Crippen molar-refractivity contribution < 1.29 is 26.9 Å². The van der Waals surface area contributed by atoms with Crippen molar-refractivity contribution in [2.75, 3.05) is 7.11 Å². The molecular weight excluding hydrogens is 412 g/mol. The highest BCUT2D eigenvalue weighted by atomic mass is 79.9. The zero-order valence-electron chi connectivity index (χ0n) is 13.7. The Morgan fingerprint density at radius 3 is 2.36 bits per heavy atom. The van der Waals surface area contributed by atoms with Crippen LogP contribution in [0, 0.1) is 6.92 Å². The number of hydrogen-bond donors (Lipinski definition) is 0. The summed E-state index contributed by atoms with van der Waals surface area (Å²) in [6, 6.07) is 8.55. The van der Waals surface area contributed by atoms with E-state index in [0.29, 0.717) is 10.0 Å². The highest BCUT2D eigenvalue weighted by Crippen LogP contribution is 2.28. The van der Waals surface area contributed by atoms with Crippen molar-refractivity contribution in [2.24, 2.45) is 0 Å². The van der Waals surface area contributed by atoms with Crippen LogP contribution in [0.5, 0.6) is 5.75 Å². The molecule has 6 nitrogen and oxygen atoms in total. The van der Waals surface area contributed by atoms with Crippen LogP contribution in [0.3, 0.4) is 0 Å². The summed E-state index contributed by atoms with van der Waals surface area (Å²) in [4.78, 5) is 23.2. The second kappa shape index (κ2) is 7.37. The molecule has 2 aromatic carbocycles. The molecule has 132 valence electrons. The number of aryl methyl sites for hydroxylation is 1. The molecule has 0 atom stereocenters. The lowest BCUT2D eigenvalue weighted by Crippen LogP contribution is -2.14. The summed E-state index contributed by atoms with van der Waals surface area (Å²) in [5.41, 5.74) is 0.603. The molecule has 0 amide bonds. The summed E-state index contributed by atoms with van der Waals surface area (Å²) in [6.45, 7) is 2.88. The normalized spacial score (nSPS) is 11.0. The maximum absolute atomic E-state index is 12.6. The number of methoxy groups -OCH3 is 1. The number of hydrogen-bond acceptors (Lipinski definition) is 6. The molecule has 0 spiro atoms. The zero-order chi connectivity index (χ0) is 18.8. The van der Waals surface area contributed by atoms with E-state index in [1.807, 2.05) is 0 Å². The van der Waals surface area contributed by atoms with Crippen LogP contribution in [0.15, 0.2) is 45.8 Å². The van der Waals surface area contributed by atoms with E-state index in [1.165, 1.54) is 44.4 Å². The van der Waals surface area contributed by atoms with Gasteiger partial charge in [-0.3, -0.25) is 4.79 Å². The van der Waals surface area contributed by atoms with Gasteiger partial charge in [0, 0.05) is 4.47 Å². The van der Waals surface area contributed by atoms with E-state index >= 15 is 0 Å². The molecule has 2 aromatic rings. The summed E-state index contributed by atoms with van der Waals surface area (Å²) in [7, 11) is -3.05. The number of halogens is 1. The van der Waals surface area contributed by atoms with E-state index in [0.717, 1.165) is 0 Å². The topological polar surface area (TPSA) is 86.7 Å². The summed E-state index contributed by atoms with van der Waals surface area (Å²) >= 11 is 3.23. The van der Waals surface area contributed by atoms with E-state index in [1.54, 1.807) is 13.0 Å². The molecular formula is C17H15BrO6S. The number of Topliss-reactive ketones (excluding diaryl/α,β-unsaturated/α-hetero) is 1. The number of esters is 1. The number of carbonyl (C=O) groups is 2. The van der Waals surface area contributed by atoms with Crippen LogP contribution in [-0.4, -0.2) is 27.3 Å². The predicted molar refractivity (Wildman–Crippen MR) is 94.5 cm³/mol. The predicted octanol–water partition coefficient (Wildman–Crippen LogP) is 3.51. The Kier molecular flexibility index (Phi) is 5.64. The van der Waals surface area contributed by atoms with Crippen LogP contribution in [0.25, 0.3) is 0 Å². The molecule has 0 aliphatic rings. The molecule has 0 heterocycles. The molecule has 0 bridgehead atoms. The standard InChI is InChI=1S/C17H15BrO6S/c1-10-4-5-12(17(20)23-3)8-16(10)25(21,22)24-15-7-6-13(18)9-14(15)11(2)19/h4-9H,1-3H3. The average Bonchev–Trinajstić information content (AvgIpc) is 2.55. The SMILES string of the molecule is COC(=O)c1ccc(C)c(S(=O)(=O)Oc2ccc(Br)cc2C(C)=O)c1. The van der Waals surface area contributed by atoms with Gasteiger partial charge in [0.25, 0.3) is 0 Å². The third-order valence-electron chi connectivity index (χ3n) is 3.40. The minimum atomic E-state index is -4.25. The molecule has 0 unspecified atom stereocenters. The minimum Gasteiger partial charge on any atom is -0.465 e. The summed E-state index contributed by atoms with van der Waals surface area (Å²) in [5.74, 6) is -1.09. The van der Waals surface area contributed by atoms with Gasteiger partial charge in [0.2, 0.25) is 0 Å². The number of ether oxygens (including phenoxy) is 1. The first-order valence-corrected chi connectivity index (χ1v) is 9.30.